The first-order chi connectivity index (χ1) is 10.2. The van der Waals surface area contributed by atoms with E-state index < -0.39 is 0 Å². The van der Waals surface area contributed by atoms with E-state index in [2.05, 4.69) is 34.6 Å². The van der Waals surface area contributed by atoms with Crippen molar-refractivity contribution in [2.75, 3.05) is 13.7 Å². The molecule has 6 heteroatoms. The molecule has 0 aliphatic rings. The molecule has 21 heavy (non-hydrogen) atoms. The van der Waals surface area contributed by atoms with Crippen LogP contribution in [-0.4, -0.2) is 28.4 Å². The fourth-order valence-electron chi connectivity index (χ4n) is 2.39. The van der Waals surface area contributed by atoms with E-state index in [1.807, 2.05) is 11.6 Å². The van der Waals surface area contributed by atoms with Gasteiger partial charge in [-0.3, -0.25) is 4.68 Å². The van der Waals surface area contributed by atoms with Gasteiger partial charge in [0.15, 0.2) is 5.75 Å². The Kier molecular flexibility index (Phi) is 5.76. The molecular weight excluding hydrogens is 284 g/mol. The maximum Gasteiger partial charge on any atom is 0.161 e. The zero-order chi connectivity index (χ0) is 15.2. The minimum absolute atomic E-state index is 0.174. The zero-order valence-corrected chi connectivity index (χ0v) is 14.0. The Bertz CT molecular complexity index is 542. The molecule has 0 radical (unpaired) electrons. The summed E-state index contributed by atoms with van der Waals surface area (Å²) in [6, 6.07) is 0.174. The number of hydrogen-bond donors (Lipinski definition) is 1. The molecular formula is C15H24N4OS. The van der Waals surface area contributed by atoms with E-state index in [0.29, 0.717) is 0 Å². The lowest BCUT2D eigenvalue weighted by molar-refractivity contribution is 0.390. The molecule has 0 spiro atoms. The second-order valence-corrected chi connectivity index (χ2v) is 5.95. The van der Waals surface area contributed by atoms with Crippen LogP contribution in [0.4, 0.5) is 0 Å². The van der Waals surface area contributed by atoms with Crippen molar-refractivity contribution in [2.24, 2.45) is 0 Å². The largest absolute Gasteiger partial charge is 0.493 e. The van der Waals surface area contributed by atoms with Crippen molar-refractivity contribution in [3.8, 4) is 5.75 Å². The van der Waals surface area contributed by atoms with Crippen molar-refractivity contribution >= 4 is 11.3 Å². The first kappa shape index (κ1) is 16.0. The second-order valence-electron chi connectivity index (χ2n) is 5.01. The highest BCUT2D eigenvalue weighted by molar-refractivity contribution is 7.09. The average molecular weight is 308 g/mol. The molecule has 0 bridgehead atoms. The summed E-state index contributed by atoms with van der Waals surface area (Å²) in [7, 11) is 1.70. The van der Waals surface area contributed by atoms with Crippen molar-refractivity contribution in [3.05, 3.63) is 28.0 Å². The van der Waals surface area contributed by atoms with Crippen LogP contribution in [0.25, 0.3) is 0 Å². The number of methoxy groups -OCH3 is 1. The predicted molar refractivity (Wildman–Crippen MR) is 86.0 cm³/mol. The van der Waals surface area contributed by atoms with Crippen LogP contribution in [0.1, 0.15) is 42.7 Å². The van der Waals surface area contributed by atoms with E-state index >= 15 is 0 Å². The van der Waals surface area contributed by atoms with Crippen molar-refractivity contribution in [1.82, 2.24) is 20.1 Å². The van der Waals surface area contributed by atoms with E-state index in [1.165, 1.54) is 0 Å². The zero-order valence-electron chi connectivity index (χ0n) is 13.2. The summed E-state index contributed by atoms with van der Waals surface area (Å²) < 4.78 is 7.50. The minimum Gasteiger partial charge on any atom is -0.493 e. The monoisotopic (exact) mass is 308 g/mol. The number of rotatable bonds is 8. The first-order valence-corrected chi connectivity index (χ1v) is 8.31. The summed E-state index contributed by atoms with van der Waals surface area (Å²) in [6.07, 6.45) is 3.75. The smallest absolute Gasteiger partial charge is 0.161 e. The van der Waals surface area contributed by atoms with Crippen LogP contribution in [-0.2, 0) is 13.0 Å². The third-order valence-corrected chi connectivity index (χ3v) is 4.37. The predicted octanol–water partition coefficient (Wildman–Crippen LogP) is 2.96. The highest BCUT2D eigenvalue weighted by Crippen LogP contribution is 2.28. The third-order valence-electron chi connectivity index (χ3n) is 3.38. The summed E-state index contributed by atoms with van der Waals surface area (Å²) in [4.78, 5) is 4.59. The molecule has 1 N–H and O–H groups in total. The molecule has 2 rings (SSSR count). The quantitative estimate of drug-likeness (QED) is 0.814. The van der Waals surface area contributed by atoms with Crippen LogP contribution < -0.4 is 10.1 Å². The molecule has 5 nitrogen and oxygen atoms in total. The number of aryl methyl sites for hydroxylation is 2. The van der Waals surface area contributed by atoms with Gasteiger partial charge in [-0.2, -0.15) is 5.10 Å². The van der Waals surface area contributed by atoms with Gasteiger partial charge in [0.25, 0.3) is 0 Å². The number of hydrogen-bond acceptors (Lipinski definition) is 5. The van der Waals surface area contributed by atoms with Crippen molar-refractivity contribution in [2.45, 2.75) is 46.2 Å². The van der Waals surface area contributed by atoms with Crippen molar-refractivity contribution in [1.29, 1.82) is 0 Å². The number of thiazole rings is 1. The summed E-state index contributed by atoms with van der Waals surface area (Å²) in [5, 5.41) is 11.3. The maximum atomic E-state index is 5.49. The maximum absolute atomic E-state index is 5.49. The normalized spacial score (nSPS) is 12.6. The van der Waals surface area contributed by atoms with E-state index in [0.717, 1.165) is 48.1 Å². The molecule has 0 aliphatic carbocycles. The third kappa shape index (κ3) is 3.83. The lowest BCUT2D eigenvalue weighted by Crippen LogP contribution is -2.27. The molecule has 2 aromatic rings. The molecule has 1 unspecified atom stereocenters. The van der Waals surface area contributed by atoms with Gasteiger partial charge in [0.2, 0.25) is 0 Å². The molecule has 0 aromatic carbocycles. The average Bonchev–Trinajstić information content (AvgIpc) is 3.08. The Labute approximate surface area is 130 Å². The van der Waals surface area contributed by atoms with Crippen LogP contribution in [0.2, 0.25) is 0 Å². The molecule has 2 aromatic heterocycles. The van der Waals surface area contributed by atoms with Gasteiger partial charge in [-0.1, -0.05) is 6.92 Å². The molecule has 0 amide bonds. The number of nitrogens with one attached hydrogen (secondary N) is 1. The standard InChI is InChI=1S/C15H24N4OS/c1-5-7-16-12(8-14-18-11(3)10-21-14)15-13(20-4)9-17-19(15)6-2/h9-10,12,16H,5-8H2,1-4H3. The molecule has 0 aliphatic heterocycles. The van der Waals surface area contributed by atoms with Gasteiger partial charge >= 0.3 is 0 Å². The van der Waals surface area contributed by atoms with Crippen LogP contribution in [0, 0.1) is 6.92 Å². The second kappa shape index (κ2) is 7.56. The van der Waals surface area contributed by atoms with Gasteiger partial charge in [0, 0.05) is 24.0 Å². The van der Waals surface area contributed by atoms with E-state index in [4.69, 9.17) is 4.74 Å². The van der Waals surface area contributed by atoms with Crippen LogP contribution >= 0.6 is 11.3 Å². The number of aromatic nitrogens is 3. The number of ether oxygens (including phenoxy) is 1. The Morgan fingerprint density at radius 3 is 2.81 bits per heavy atom. The van der Waals surface area contributed by atoms with Crippen molar-refractivity contribution < 1.29 is 4.74 Å². The molecule has 0 fully saturated rings. The Morgan fingerprint density at radius 2 is 2.24 bits per heavy atom. The van der Waals surface area contributed by atoms with Gasteiger partial charge in [-0.05, 0) is 26.8 Å². The molecule has 0 saturated carbocycles. The van der Waals surface area contributed by atoms with Gasteiger partial charge in [-0.15, -0.1) is 11.3 Å². The SMILES string of the molecule is CCCNC(Cc1nc(C)cs1)c1c(OC)cnn1CC. The Balaban J connectivity index is 2.28. The van der Waals surface area contributed by atoms with Crippen LogP contribution in [0.5, 0.6) is 5.75 Å². The lowest BCUT2D eigenvalue weighted by atomic mass is 10.1. The summed E-state index contributed by atoms with van der Waals surface area (Å²) in [5.41, 5.74) is 2.20. The fraction of sp³-hybridized carbons (Fsp3) is 0.600. The Morgan fingerprint density at radius 1 is 1.43 bits per heavy atom. The van der Waals surface area contributed by atoms with E-state index in [1.54, 1.807) is 24.6 Å². The summed E-state index contributed by atoms with van der Waals surface area (Å²) >= 11 is 1.71. The first-order valence-electron chi connectivity index (χ1n) is 7.43. The summed E-state index contributed by atoms with van der Waals surface area (Å²) in [6.45, 7) is 8.10. The topological polar surface area (TPSA) is 52.0 Å². The molecule has 116 valence electrons. The summed E-state index contributed by atoms with van der Waals surface area (Å²) in [5.74, 6) is 0.846. The fourth-order valence-corrected chi connectivity index (χ4v) is 3.21. The highest BCUT2D eigenvalue weighted by atomic mass is 32.1. The molecule has 0 saturated heterocycles. The van der Waals surface area contributed by atoms with Crippen LogP contribution in [0.3, 0.4) is 0 Å². The van der Waals surface area contributed by atoms with E-state index in [-0.39, 0.29) is 6.04 Å². The van der Waals surface area contributed by atoms with Crippen LogP contribution in [0.15, 0.2) is 11.6 Å². The van der Waals surface area contributed by atoms with Crippen molar-refractivity contribution in [3.63, 3.8) is 0 Å². The van der Waals surface area contributed by atoms with Gasteiger partial charge in [0.05, 0.1) is 30.1 Å². The van der Waals surface area contributed by atoms with E-state index in [9.17, 15) is 0 Å². The minimum atomic E-state index is 0.174. The highest BCUT2D eigenvalue weighted by Gasteiger charge is 2.22. The number of nitrogens with zero attached hydrogens (tertiary/aromatic N) is 3. The molecule has 2 heterocycles. The lowest BCUT2D eigenvalue weighted by Gasteiger charge is -2.20. The Hall–Kier alpha value is -1.40. The van der Waals surface area contributed by atoms with Gasteiger partial charge in [0.1, 0.15) is 0 Å². The van der Waals surface area contributed by atoms with Gasteiger partial charge < -0.3 is 10.1 Å². The molecule has 1 atom stereocenters. The van der Waals surface area contributed by atoms with Gasteiger partial charge in [-0.25, -0.2) is 4.98 Å².